The van der Waals surface area contributed by atoms with Gasteiger partial charge in [0, 0.05) is 26.2 Å². The number of hydrogen-bond acceptors (Lipinski definition) is 4. The molecule has 1 saturated heterocycles. The lowest BCUT2D eigenvalue weighted by Gasteiger charge is -2.34. The first-order valence-corrected chi connectivity index (χ1v) is 6.28. The molecule has 17 heavy (non-hydrogen) atoms. The molecule has 1 aliphatic heterocycles. The van der Waals surface area contributed by atoms with Gasteiger partial charge in [-0.2, -0.15) is 0 Å². The van der Waals surface area contributed by atoms with Gasteiger partial charge in [0.15, 0.2) is 0 Å². The van der Waals surface area contributed by atoms with Crippen LogP contribution in [-0.2, 0) is 9.53 Å². The van der Waals surface area contributed by atoms with Crippen LogP contribution in [0.25, 0.3) is 0 Å². The Morgan fingerprint density at radius 3 is 2.94 bits per heavy atom. The van der Waals surface area contributed by atoms with Crippen molar-refractivity contribution >= 4 is 5.97 Å². The SMILES string of the molecule is CCN1CCOC(CN(C)CC(C)C(=O)O)C1. The summed E-state index contributed by atoms with van der Waals surface area (Å²) in [6.45, 7) is 9.04. The minimum Gasteiger partial charge on any atom is -0.481 e. The summed E-state index contributed by atoms with van der Waals surface area (Å²) in [6, 6.07) is 0. The quantitative estimate of drug-likeness (QED) is 0.731. The van der Waals surface area contributed by atoms with Crippen LogP contribution in [0.4, 0.5) is 0 Å². The van der Waals surface area contributed by atoms with Gasteiger partial charge in [0.05, 0.1) is 18.6 Å². The Bertz CT molecular complexity index is 248. The summed E-state index contributed by atoms with van der Waals surface area (Å²) in [5, 5.41) is 8.85. The van der Waals surface area contributed by atoms with E-state index in [9.17, 15) is 4.79 Å². The summed E-state index contributed by atoms with van der Waals surface area (Å²) in [5.41, 5.74) is 0. The summed E-state index contributed by atoms with van der Waals surface area (Å²) in [7, 11) is 1.95. The van der Waals surface area contributed by atoms with Crippen molar-refractivity contribution in [2.24, 2.45) is 5.92 Å². The van der Waals surface area contributed by atoms with Gasteiger partial charge in [-0.1, -0.05) is 13.8 Å². The third kappa shape index (κ3) is 5.02. The Kier molecular flexibility index (Phi) is 5.88. The first-order chi connectivity index (χ1) is 8.02. The Morgan fingerprint density at radius 2 is 2.35 bits per heavy atom. The highest BCUT2D eigenvalue weighted by Crippen LogP contribution is 2.07. The summed E-state index contributed by atoms with van der Waals surface area (Å²) in [6.07, 6.45) is 0.203. The van der Waals surface area contributed by atoms with Crippen LogP contribution in [0.15, 0.2) is 0 Å². The topological polar surface area (TPSA) is 53.0 Å². The highest BCUT2D eigenvalue weighted by atomic mass is 16.5. The maximum atomic E-state index is 10.8. The highest BCUT2D eigenvalue weighted by Gasteiger charge is 2.22. The fourth-order valence-corrected chi connectivity index (χ4v) is 2.15. The minimum atomic E-state index is -0.739. The molecular weight excluding hydrogens is 220 g/mol. The number of carboxylic acid groups (broad SMARTS) is 1. The van der Waals surface area contributed by atoms with Gasteiger partial charge in [-0.05, 0) is 13.6 Å². The van der Waals surface area contributed by atoms with Gasteiger partial charge in [0.2, 0.25) is 0 Å². The zero-order chi connectivity index (χ0) is 12.8. The molecule has 1 heterocycles. The standard InChI is InChI=1S/C12H24N2O3/c1-4-14-5-6-17-11(9-14)8-13(3)7-10(2)12(15)16/h10-11H,4-9H2,1-3H3,(H,15,16). The molecule has 0 radical (unpaired) electrons. The third-order valence-corrected chi connectivity index (χ3v) is 3.19. The smallest absolute Gasteiger partial charge is 0.307 e. The maximum absolute atomic E-state index is 10.8. The van der Waals surface area contributed by atoms with Crippen LogP contribution in [0, 0.1) is 5.92 Å². The fraction of sp³-hybridized carbons (Fsp3) is 0.917. The normalized spacial score (nSPS) is 23.9. The molecule has 2 unspecified atom stereocenters. The van der Waals surface area contributed by atoms with E-state index in [-0.39, 0.29) is 12.0 Å². The van der Waals surface area contributed by atoms with Gasteiger partial charge >= 0.3 is 5.97 Å². The van der Waals surface area contributed by atoms with Crippen LogP contribution in [0.1, 0.15) is 13.8 Å². The minimum absolute atomic E-state index is 0.203. The second kappa shape index (κ2) is 6.93. The van der Waals surface area contributed by atoms with Gasteiger partial charge in [-0.3, -0.25) is 9.69 Å². The number of morpholine rings is 1. The van der Waals surface area contributed by atoms with Crippen molar-refractivity contribution in [3.05, 3.63) is 0 Å². The summed E-state index contributed by atoms with van der Waals surface area (Å²) in [4.78, 5) is 15.2. The molecule has 0 bridgehead atoms. The lowest BCUT2D eigenvalue weighted by Crippen LogP contribution is -2.47. The van der Waals surface area contributed by atoms with Crippen molar-refractivity contribution in [3.63, 3.8) is 0 Å². The molecule has 5 nitrogen and oxygen atoms in total. The summed E-state index contributed by atoms with van der Waals surface area (Å²) >= 11 is 0. The number of aliphatic carboxylic acids is 1. The van der Waals surface area contributed by atoms with Crippen molar-refractivity contribution in [1.29, 1.82) is 0 Å². The number of ether oxygens (including phenoxy) is 1. The predicted molar refractivity (Wildman–Crippen MR) is 66.2 cm³/mol. The zero-order valence-electron chi connectivity index (χ0n) is 11.1. The molecule has 1 aliphatic rings. The van der Waals surface area contributed by atoms with Crippen molar-refractivity contribution in [2.45, 2.75) is 20.0 Å². The van der Waals surface area contributed by atoms with E-state index < -0.39 is 5.97 Å². The number of hydrogen-bond donors (Lipinski definition) is 1. The van der Waals surface area contributed by atoms with Crippen molar-refractivity contribution in [2.75, 3.05) is 46.4 Å². The predicted octanol–water partition coefficient (Wildman–Crippen LogP) is 0.360. The van der Waals surface area contributed by atoms with Crippen molar-refractivity contribution < 1.29 is 14.6 Å². The van der Waals surface area contributed by atoms with Crippen molar-refractivity contribution in [1.82, 2.24) is 9.80 Å². The van der Waals surface area contributed by atoms with E-state index >= 15 is 0 Å². The number of rotatable bonds is 6. The largest absolute Gasteiger partial charge is 0.481 e. The van der Waals surface area contributed by atoms with Gasteiger partial charge in [-0.15, -0.1) is 0 Å². The first kappa shape index (κ1) is 14.4. The van der Waals surface area contributed by atoms with E-state index in [2.05, 4.69) is 11.8 Å². The number of likely N-dealkylation sites (N-methyl/N-ethyl adjacent to an activating group) is 2. The lowest BCUT2D eigenvalue weighted by molar-refractivity contribution is -0.141. The molecule has 1 rings (SSSR count). The van der Waals surface area contributed by atoms with Crippen LogP contribution in [0.2, 0.25) is 0 Å². The van der Waals surface area contributed by atoms with Crippen LogP contribution >= 0.6 is 0 Å². The number of carboxylic acids is 1. The van der Waals surface area contributed by atoms with E-state index in [1.807, 2.05) is 11.9 Å². The molecule has 0 aliphatic carbocycles. The van der Waals surface area contributed by atoms with Crippen LogP contribution < -0.4 is 0 Å². The monoisotopic (exact) mass is 244 g/mol. The molecule has 1 N–H and O–H groups in total. The average Bonchev–Trinajstić information content (AvgIpc) is 2.28. The van der Waals surface area contributed by atoms with Crippen LogP contribution in [0.5, 0.6) is 0 Å². The Balaban J connectivity index is 2.30. The number of carbonyl (C=O) groups is 1. The maximum Gasteiger partial charge on any atom is 0.307 e. The molecule has 1 fully saturated rings. The van der Waals surface area contributed by atoms with Crippen LogP contribution in [-0.4, -0.2) is 73.4 Å². The van der Waals surface area contributed by atoms with Crippen molar-refractivity contribution in [3.8, 4) is 0 Å². The van der Waals surface area contributed by atoms with E-state index in [1.165, 1.54) is 0 Å². The van der Waals surface area contributed by atoms with Gasteiger partial charge in [0.25, 0.3) is 0 Å². The van der Waals surface area contributed by atoms with Crippen LogP contribution in [0.3, 0.4) is 0 Å². The number of nitrogens with zero attached hydrogens (tertiary/aromatic N) is 2. The Labute approximate surface area is 103 Å². The van der Waals surface area contributed by atoms with E-state index in [1.54, 1.807) is 6.92 Å². The van der Waals surface area contributed by atoms with Gasteiger partial charge in [0.1, 0.15) is 0 Å². The fourth-order valence-electron chi connectivity index (χ4n) is 2.15. The average molecular weight is 244 g/mol. The van der Waals surface area contributed by atoms with E-state index in [0.717, 1.165) is 32.8 Å². The highest BCUT2D eigenvalue weighted by molar-refractivity contribution is 5.69. The van der Waals surface area contributed by atoms with Gasteiger partial charge in [-0.25, -0.2) is 0 Å². The molecule has 5 heteroatoms. The zero-order valence-corrected chi connectivity index (χ0v) is 11.1. The first-order valence-electron chi connectivity index (χ1n) is 6.28. The molecule has 0 aromatic rings. The summed E-state index contributed by atoms with van der Waals surface area (Å²) < 4.78 is 5.69. The molecule has 0 spiro atoms. The second-order valence-electron chi connectivity index (χ2n) is 4.85. The molecule has 0 amide bonds. The summed E-state index contributed by atoms with van der Waals surface area (Å²) in [5.74, 6) is -1.07. The molecular formula is C12H24N2O3. The lowest BCUT2D eigenvalue weighted by atomic mass is 10.1. The molecule has 100 valence electrons. The van der Waals surface area contributed by atoms with E-state index in [4.69, 9.17) is 9.84 Å². The molecule has 0 saturated carbocycles. The Hall–Kier alpha value is -0.650. The van der Waals surface area contributed by atoms with Gasteiger partial charge < -0.3 is 14.7 Å². The second-order valence-corrected chi connectivity index (χ2v) is 4.85. The molecule has 2 atom stereocenters. The molecule has 0 aromatic carbocycles. The van der Waals surface area contributed by atoms with E-state index in [0.29, 0.717) is 6.54 Å². The molecule has 0 aromatic heterocycles. The third-order valence-electron chi connectivity index (χ3n) is 3.19. The Morgan fingerprint density at radius 1 is 1.65 bits per heavy atom.